The monoisotopic (exact) mass is 373 g/mol. The summed E-state index contributed by atoms with van der Waals surface area (Å²) < 4.78 is 9.41. The molecule has 0 aliphatic carbocycles. The molecule has 9 heteroatoms. The van der Waals surface area contributed by atoms with Gasteiger partial charge in [-0.05, 0) is 30.4 Å². The van der Waals surface area contributed by atoms with E-state index in [1.807, 2.05) is 0 Å². The van der Waals surface area contributed by atoms with Crippen LogP contribution in [0.3, 0.4) is 0 Å². The molecule has 0 atom stereocenters. The van der Waals surface area contributed by atoms with Crippen molar-refractivity contribution in [3.05, 3.63) is 65.0 Å². The second kappa shape index (κ2) is 8.00. The summed E-state index contributed by atoms with van der Waals surface area (Å²) in [5, 5.41) is 18.5. The quantitative estimate of drug-likeness (QED) is 0.738. The number of hydrogen-bond donors (Lipinski definition) is 2. The number of allylic oxidation sites excluding steroid dienone is 2. The fourth-order valence-corrected chi connectivity index (χ4v) is 2.36. The Kier molecular flexibility index (Phi) is 5.76. The molecular weight excluding hydrogens is 358 g/mol. The number of aromatic carboxylic acids is 2. The number of anilines is 1. The molecule has 1 aromatic rings. The first-order chi connectivity index (χ1) is 12.8. The van der Waals surface area contributed by atoms with E-state index in [9.17, 15) is 29.4 Å². The fraction of sp³-hybridized carbons (Fsp3) is 0.111. The van der Waals surface area contributed by atoms with Gasteiger partial charge in [-0.25, -0.2) is 19.2 Å². The lowest BCUT2D eigenvalue weighted by Crippen LogP contribution is -2.27. The molecule has 0 amide bonds. The molecule has 0 spiro atoms. The molecular formula is C18H15NO8. The van der Waals surface area contributed by atoms with E-state index in [2.05, 4.69) is 4.74 Å². The lowest BCUT2D eigenvalue weighted by atomic mass is 10.1. The minimum atomic E-state index is -1.35. The van der Waals surface area contributed by atoms with Gasteiger partial charge in [0.2, 0.25) is 0 Å². The zero-order chi connectivity index (χ0) is 20.1. The highest BCUT2D eigenvalue weighted by Gasteiger charge is 2.28. The van der Waals surface area contributed by atoms with Crippen molar-refractivity contribution in [2.45, 2.75) is 0 Å². The van der Waals surface area contributed by atoms with Gasteiger partial charge in [-0.1, -0.05) is 6.08 Å². The SMILES string of the molecule is COC(=O)C1=C(C(=O)OC)N(c2cc(C(=O)O)cc(C(=O)O)c2)C=CC=C1. The van der Waals surface area contributed by atoms with Crippen molar-refractivity contribution in [2.24, 2.45) is 0 Å². The van der Waals surface area contributed by atoms with E-state index in [4.69, 9.17) is 4.74 Å². The van der Waals surface area contributed by atoms with Crippen LogP contribution < -0.4 is 4.90 Å². The Morgan fingerprint density at radius 1 is 0.852 bits per heavy atom. The summed E-state index contributed by atoms with van der Waals surface area (Å²) in [6.07, 6.45) is 5.64. The summed E-state index contributed by atoms with van der Waals surface area (Å²) >= 11 is 0. The summed E-state index contributed by atoms with van der Waals surface area (Å²) in [7, 11) is 2.24. The summed E-state index contributed by atoms with van der Waals surface area (Å²) in [6, 6.07) is 3.32. The Balaban J connectivity index is 2.77. The molecule has 140 valence electrons. The Labute approximate surface area is 153 Å². The molecule has 0 saturated carbocycles. The van der Waals surface area contributed by atoms with Gasteiger partial charge >= 0.3 is 23.9 Å². The molecule has 2 rings (SSSR count). The highest BCUT2D eigenvalue weighted by atomic mass is 16.5. The molecule has 1 aliphatic rings. The highest BCUT2D eigenvalue weighted by Crippen LogP contribution is 2.28. The van der Waals surface area contributed by atoms with Crippen LogP contribution in [0, 0.1) is 0 Å². The maximum Gasteiger partial charge on any atom is 0.355 e. The van der Waals surface area contributed by atoms with Crippen LogP contribution in [0.5, 0.6) is 0 Å². The van der Waals surface area contributed by atoms with E-state index in [1.54, 1.807) is 0 Å². The number of hydrogen-bond acceptors (Lipinski definition) is 7. The van der Waals surface area contributed by atoms with Crippen molar-refractivity contribution in [1.29, 1.82) is 0 Å². The third-order valence-electron chi connectivity index (χ3n) is 3.58. The Bertz CT molecular complexity index is 878. The lowest BCUT2D eigenvalue weighted by Gasteiger charge is -2.23. The Hall–Kier alpha value is -3.88. The van der Waals surface area contributed by atoms with E-state index in [1.165, 1.54) is 36.6 Å². The van der Waals surface area contributed by atoms with Gasteiger partial charge in [0.05, 0.1) is 30.9 Å². The van der Waals surface area contributed by atoms with Crippen LogP contribution in [0.1, 0.15) is 20.7 Å². The second-order valence-corrected chi connectivity index (χ2v) is 5.19. The third-order valence-corrected chi connectivity index (χ3v) is 3.58. The third kappa shape index (κ3) is 4.03. The van der Waals surface area contributed by atoms with Gasteiger partial charge in [-0.2, -0.15) is 0 Å². The average molecular weight is 373 g/mol. The van der Waals surface area contributed by atoms with Crippen LogP contribution in [0.15, 0.2) is 53.9 Å². The molecule has 0 fully saturated rings. The van der Waals surface area contributed by atoms with Crippen LogP contribution in [-0.4, -0.2) is 48.3 Å². The predicted molar refractivity (Wildman–Crippen MR) is 92.2 cm³/mol. The first-order valence-corrected chi connectivity index (χ1v) is 7.46. The predicted octanol–water partition coefficient (Wildman–Crippen LogP) is 1.57. The first-order valence-electron chi connectivity index (χ1n) is 7.46. The average Bonchev–Trinajstić information content (AvgIpc) is 2.89. The van der Waals surface area contributed by atoms with Crippen LogP contribution in [0.4, 0.5) is 5.69 Å². The second-order valence-electron chi connectivity index (χ2n) is 5.19. The van der Waals surface area contributed by atoms with Gasteiger partial charge in [0.25, 0.3) is 0 Å². The van der Waals surface area contributed by atoms with Gasteiger partial charge in [0.15, 0.2) is 0 Å². The number of benzene rings is 1. The minimum absolute atomic E-state index is 0.0362. The standard InChI is InChI=1S/C18H15NO8/c1-26-17(24)13-5-3-4-6-19(14(13)18(25)27-2)12-8-10(15(20)21)7-11(9-12)16(22)23/h3-9H,1-2H3,(H,20,21)(H,22,23). The zero-order valence-corrected chi connectivity index (χ0v) is 14.3. The number of nitrogens with zero attached hydrogens (tertiary/aromatic N) is 1. The Morgan fingerprint density at radius 3 is 1.89 bits per heavy atom. The molecule has 0 saturated heterocycles. The van der Waals surface area contributed by atoms with E-state index in [0.717, 1.165) is 25.2 Å². The summed E-state index contributed by atoms with van der Waals surface area (Å²) in [6.45, 7) is 0. The number of carbonyl (C=O) groups excluding carboxylic acids is 2. The van der Waals surface area contributed by atoms with Crippen LogP contribution >= 0.6 is 0 Å². The lowest BCUT2D eigenvalue weighted by molar-refractivity contribution is -0.139. The molecule has 0 unspecified atom stereocenters. The molecule has 0 radical (unpaired) electrons. The number of carboxylic acid groups (broad SMARTS) is 2. The van der Waals surface area contributed by atoms with Crippen LogP contribution in [-0.2, 0) is 19.1 Å². The van der Waals surface area contributed by atoms with Crippen molar-refractivity contribution in [3.8, 4) is 0 Å². The first kappa shape index (κ1) is 19.4. The van der Waals surface area contributed by atoms with E-state index < -0.39 is 23.9 Å². The van der Waals surface area contributed by atoms with Gasteiger partial charge in [0.1, 0.15) is 5.70 Å². The van der Waals surface area contributed by atoms with Crippen LogP contribution in [0.25, 0.3) is 0 Å². The van der Waals surface area contributed by atoms with Gasteiger partial charge in [-0.3, -0.25) is 0 Å². The molecule has 27 heavy (non-hydrogen) atoms. The topological polar surface area (TPSA) is 130 Å². The molecule has 9 nitrogen and oxygen atoms in total. The number of carbonyl (C=O) groups is 4. The molecule has 0 aromatic heterocycles. The van der Waals surface area contributed by atoms with Crippen molar-refractivity contribution < 1.29 is 38.9 Å². The van der Waals surface area contributed by atoms with Crippen molar-refractivity contribution in [3.63, 3.8) is 0 Å². The van der Waals surface area contributed by atoms with Crippen molar-refractivity contribution >= 4 is 29.6 Å². The Morgan fingerprint density at radius 2 is 1.41 bits per heavy atom. The summed E-state index contributed by atoms with van der Waals surface area (Å²) in [5.41, 5.74) is -0.979. The fourth-order valence-electron chi connectivity index (χ4n) is 2.36. The molecule has 2 N–H and O–H groups in total. The van der Waals surface area contributed by atoms with Gasteiger partial charge < -0.3 is 24.6 Å². The van der Waals surface area contributed by atoms with E-state index in [-0.39, 0.29) is 28.1 Å². The summed E-state index contributed by atoms with van der Waals surface area (Å²) in [5.74, 6) is -4.43. The maximum atomic E-state index is 12.3. The van der Waals surface area contributed by atoms with Crippen LogP contribution in [0.2, 0.25) is 0 Å². The maximum absolute atomic E-state index is 12.3. The number of carboxylic acids is 2. The molecule has 1 aliphatic heterocycles. The number of methoxy groups -OCH3 is 2. The largest absolute Gasteiger partial charge is 0.478 e. The van der Waals surface area contributed by atoms with Crippen molar-refractivity contribution in [2.75, 3.05) is 19.1 Å². The number of ether oxygens (including phenoxy) is 2. The van der Waals surface area contributed by atoms with Gasteiger partial charge in [-0.15, -0.1) is 0 Å². The normalized spacial score (nSPS) is 13.2. The molecule has 0 bridgehead atoms. The number of esters is 2. The highest BCUT2D eigenvalue weighted by molar-refractivity contribution is 6.06. The van der Waals surface area contributed by atoms with E-state index >= 15 is 0 Å². The van der Waals surface area contributed by atoms with Gasteiger partial charge in [0, 0.05) is 11.9 Å². The summed E-state index contributed by atoms with van der Waals surface area (Å²) in [4.78, 5) is 48.3. The van der Waals surface area contributed by atoms with E-state index in [0.29, 0.717) is 0 Å². The molecule has 1 heterocycles. The molecule has 1 aromatic carbocycles. The minimum Gasteiger partial charge on any atom is -0.478 e. The van der Waals surface area contributed by atoms with Crippen molar-refractivity contribution in [1.82, 2.24) is 0 Å². The smallest absolute Gasteiger partial charge is 0.355 e. The number of rotatable bonds is 5. The zero-order valence-electron chi connectivity index (χ0n) is 14.3.